The highest BCUT2D eigenvalue weighted by molar-refractivity contribution is 5.00. The summed E-state index contributed by atoms with van der Waals surface area (Å²) in [6, 6.07) is 0. The summed E-state index contributed by atoms with van der Waals surface area (Å²) in [6.07, 6.45) is 1.49. The van der Waals surface area contributed by atoms with Gasteiger partial charge in [0.1, 0.15) is 0 Å². The third kappa shape index (κ3) is 1.10. The Bertz CT molecular complexity index is 143. The molecule has 0 aromatic carbocycles. The lowest BCUT2D eigenvalue weighted by Gasteiger charge is -2.55. The molecule has 2 atom stereocenters. The summed E-state index contributed by atoms with van der Waals surface area (Å²) in [6.45, 7) is 9.73. The van der Waals surface area contributed by atoms with Crippen LogP contribution in [0, 0.1) is 23.2 Å². The van der Waals surface area contributed by atoms with Crippen molar-refractivity contribution in [3.05, 3.63) is 0 Å². The molecule has 3 aliphatic rings. The molecule has 1 N–H and O–H groups in total. The monoisotopic (exact) mass is 153 g/mol. The number of nitrogens with one attached hydrogen (secondary N) is 1. The second-order valence-corrected chi connectivity index (χ2v) is 5.31. The third-order valence-corrected chi connectivity index (χ3v) is 3.43. The maximum atomic E-state index is 3.49. The van der Waals surface area contributed by atoms with Crippen LogP contribution in [0.25, 0.3) is 0 Å². The quantitative estimate of drug-likeness (QED) is 0.560. The largest absolute Gasteiger partial charge is 0.316 e. The van der Waals surface area contributed by atoms with Crippen molar-refractivity contribution in [2.24, 2.45) is 23.2 Å². The number of rotatable bonds is 0. The van der Waals surface area contributed by atoms with Crippen molar-refractivity contribution in [3.8, 4) is 0 Å². The highest BCUT2D eigenvalue weighted by Crippen LogP contribution is 2.51. The summed E-state index contributed by atoms with van der Waals surface area (Å²) in [5, 5.41) is 3.49. The average Bonchev–Trinajstić information content (AvgIpc) is 1.85. The summed E-state index contributed by atoms with van der Waals surface area (Å²) in [5.74, 6) is 2.99. The van der Waals surface area contributed by atoms with Crippen LogP contribution in [-0.2, 0) is 0 Å². The van der Waals surface area contributed by atoms with Crippen molar-refractivity contribution in [1.82, 2.24) is 5.32 Å². The van der Waals surface area contributed by atoms with Gasteiger partial charge in [-0.25, -0.2) is 0 Å². The van der Waals surface area contributed by atoms with Gasteiger partial charge in [-0.15, -0.1) is 0 Å². The summed E-state index contributed by atoms with van der Waals surface area (Å²) < 4.78 is 0. The Balaban J connectivity index is 2.06. The maximum absolute atomic E-state index is 3.49. The van der Waals surface area contributed by atoms with Crippen LogP contribution in [0.1, 0.15) is 27.2 Å². The molecule has 2 heterocycles. The molecule has 1 aliphatic carbocycles. The molecule has 1 saturated carbocycles. The minimum Gasteiger partial charge on any atom is -0.316 e. The SMILES string of the molecule is CC(C)(C)C1C2CNCC1C2. The topological polar surface area (TPSA) is 12.0 Å². The summed E-state index contributed by atoms with van der Waals surface area (Å²) in [4.78, 5) is 0. The Morgan fingerprint density at radius 1 is 1.09 bits per heavy atom. The van der Waals surface area contributed by atoms with Crippen molar-refractivity contribution >= 4 is 0 Å². The van der Waals surface area contributed by atoms with Gasteiger partial charge in [0.25, 0.3) is 0 Å². The number of hydrogen-bond acceptors (Lipinski definition) is 1. The lowest BCUT2D eigenvalue weighted by molar-refractivity contribution is -0.0449. The van der Waals surface area contributed by atoms with Gasteiger partial charge in [0, 0.05) is 0 Å². The average molecular weight is 153 g/mol. The zero-order valence-electron chi connectivity index (χ0n) is 7.85. The van der Waals surface area contributed by atoms with Crippen LogP contribution >= 0.6 is 0 Å². The predicted molar refractivity (Wildman–Crippen MR) is 47.4 cm³/mol. The van der Waals surface area contributed by atoms with Gasteiger partial charge < -0.3 is 5.32 Å². The first-order chi connectivity index (χ1) is 5.09. The van der Waals surface area contributed by atoms with Crippen molar-refractivity contribution in [2.75, 3.05) is 13.1 Å². The number of fused-ring (bicyclic) bond motifs is 2. The van der Waals surface area contributed by atoms with Crippen molar-refractivity contribution in [1.29, 1.82) is 0 Å². The molecule has 3 fully saturated rings. The van der Waals surface area contributed by atoms with E-state index in [1.165, 1.54) is 19.5 Å². The van der Waals surface area contributed by atoms with E-state index in [1.807, 2.05) is 0 Å². The van der Waals surface area contributed by atoms with Crippen LogP contribution < -0.4 is 5.32 Å². The molecule has 11 heavy (non-hydrogen) atoms. The fourth-order valence-corrected chi connectivity index (χ4v) is 3.16. The van der Waals surface area contributed by atoms with E-state index < -0.39 is 0 Å². The summed E-state index contributed by atoms with van der Waals surface area (Å²) in [7, 11) is 0. The summed E-state index contributed by atoms with van der Waals surface area (Å²) in [5.41, 5.74) is 0.551. The Morgan fingerprint density at radius 3 is 1.91 bits per heavy atom. The van der Waals surface area contributed by atoms with Crippen molar-refractivity contribution in [3.63, 3.8) is 0 Å². The van der Waals surface area contributed by atoms with Gasteiger partial charge in [0.2, 0.25) is 0 Å². The first-order valence-electron chi connectivity index (χ1n) is 4.80. The molecular weight excluding hydrogens is 134 g/mol. The number of piperidine rings is 2. The fourth-order valence-electron chi connectivity index (χ4n) is 3.16. The molecule has 0 spiro atoms. The molecular formula is C10H19N. The second-order valence-electron chi connectivity index (χ2n) is 5.31. The summed E-state index contributed by atoms with van der Waals surface area (Å²) >= 11 is 0. The van der Waals surface area contributed by atoms with Gasteiger partial charge in [-0.05, 0) is 42.7 Å². The molecule has 2 saturated heterocycles. The van der Waals surface area contributed by atoms with Gasteiger partial charge in [-0.1, -0.05) is 20.8 Å². The molecule has 64 valence electrons. The van der Waals surface area contributed by atoms with Crippen LogP contribution in [0.3, 0.4) is 0 Å². The van der Waals surface area contributed by atoms with E-state index in [0.29, 0.717) is 5.41 Å². The number of hydrogen-bond donors (Lipinski definition) is 1. The van der Waals surface area contributed by atoms with Gasteiger partial charge in [0.05, 0.1) is 0 Å². The van der Waals surface area contributed by atoms with E-state index in [0.717, 1.165) is 17.8 Å². The minimum absolute atomic E-state index is 0.551. The van der Waals surface area contributed by atoms with E-state index in [2.05, 4.69) is 26.1 Å². The smallest absolute Gasteiger partial charge is 0.00173 e. The molecule has 0 amide bonds. The van der Waals surface area contributed by atoms with Crippen LogP contribution in [-0.4, -0.2) is 13.1 Å². The highest BCUT2D eigenvalue weighted by Gasteiger charge is 2.48. The molecule has 3 rings (SSSR count). The molecule has 2 unspecified atom stereocenters. The van der Waals surface area contributed by atoms with E-state index in [4.69, 9.17) is 0 Å². The molecule has 1 heteroatoms. The minimum atomic E-state index is 0.551. The zero-order chi connectivity index (χ0) is 8.06. The van der Waals surface area contributed by atoms with Gasteiger partial charge in [-0.3, -0.25) is 0 Å². The third-order valence-electron chi connectivity index (χ3n) is 3.43. The van der Waals surface area contributed by atoms with Crippen molar-refractivity contribution < 1.29 is 0 Å². The van der Waals surface area contributed by atoms with E-state index in [9.17, 15) is 0 Å². The Hall–Kier alpha value is -0.0400. The molecule has 0 radical (unpaired) electrons. The molecule has 2 bridgehead atoms. The standard InChI is InChI=1S/C10H19N/c1-10(2,3)9-7-4-8(9)6-11-5-7/h7-9,11H,4-6H2,1-3H3. The predicted octanol–water partition coefficient (Wildman–Crippen LogP) is 1.89. The fraction of sp³-hybridized carbons (Fsp3) is 1.00. The van der Waals surface area contributed by atoms with E-state index in [-0.39, 0.29) is 0 Å². The Kier molecular flexibility index (Phi) is 1.54. The van der Waals surface area contributed by atoms with Crippen LogP contribution in [0.15, 0.2) is 0 Å². The van der Waals surface area contributed by atoms with E-state index >= 15 is 0 Å². The van der Waals surface area contributed by atoms with E-state index in [1.54, 1.807) is 0 Å². The first kappa shape index (κ1) is 7.60. The van der Waals surface area contributed by atoms with Crippen molar-refractivity contribution in [2.45, 2.75) is 27.2 Å². The van der Waals surface area contributed by atoms with Crippen LogP contribution in [0.4, 0.5) is 0 Å². The molecule has 0 aromatic heterocycles. The maximum Gasteiger partial charge on any atom is -0.00173 e. The zero-order valence-corrected chi connectivity index (χ0v) is 7.85. The molecule has 1 nitrogen and oxygen atoms in total. The van der Waals surface area contributed by atoms with Gasteiger partial charge in [0.15, 0.2) is 0 Å². The first-order valence-corrected chi connectivity index (χ1v) is 4.80. The lowest BCUT2D eigenvalue weighted by Crippen LogP contribution is -2.57. The van der Waals surface area contributed by atoms with Gasteiger partial charge >= 0.3 is 0 Å². The highest BCUT2D eigenvalue weighted by atomic mass is 14.9. The lowest BCUT2D eigenvalue weighted by atomic mass is 9.53. The van der Waals surface area contributed by atoms with Crippen LogP contribution in [0.2, 0.25) is 0 Å². The Morgan fingerprint density at radius 2 is 1.64 bits per heavy atom. The Labute approximate surface area is 69.6 Å². The van der Waals surface area contributed by atoms with Gasteiger partial charge in [-0.2, -0.15) is 0 Å². The normalized spacial score (nSPS) is 43.4. The second kappa shape index (κ2) is 2.22. The van der Waals surface area contributed by atoms with Crippen LogP contribution in [0.5, 0.6) is 0 Å². The molecule has 0 aromatic rings. The molecule has 2 aliphatic heterocycles.